The van der Waals surface area contributed by atoms with Gasteiger partial charge < -0.3 is 9.73 Å². The predicted octanol–water partition coefficient (Wildman–Crippen LogP) is 3.09. The molecule has 0 atom stereocenters. The Morgan fingerprint density at radius 1 is 1.18 bits per heavy atom. The molecule has 1 aliphatic rings. The molecule has 1 fully saturated rings. The van der Waals surface area contributed by atoms with E-state index in [1.807, 2.05) is 36.9 Å². The summed E-state index contributed by atoms with van der Waals surface area (Å²) >= 11 is 1.99. The number of carbonyl (C=O) groups is 1. The van der Waals surface area contributed by atoms with Crippen LogP contribution in [0.3, 0.4) is 0 Å². The molecule has 0 bridgehead atoms. The fourth-order valence-corrected chi connectivity index (χ4v) is 4.40. The lowest BCUT2D eigenvalue weighted by atomic mass is 10.1. The monoisotopic (exact) mass is 397 g/mol. The van der Waals surface area contributed by atoms with E-state index in [4.69, 9.17) is 4.42 Å². The van der Waals surface area contributed by atoms with E-state index in [2.05, 4.69) is 16.3 Å². The van der Waals surface area contributed by atoms with Crippen LogP contribution in [-0.2, 0) is 17.9 Å². The summed E-state index contributed by atoms with van der Waals surface area (Å²) in [7, 11) is 0. The van der Waals surface area contributed by atoms with Crippen molar-refractivity contribution < 1.29 is 9.21 Å². The first-order chi connectivity index (χ1) is 13.6. The molecule has 6 nitrogen and oxygen atoms in total. The number of para-hydroxylation sites is 2. The molecule has 1 saturated heterocycles. The van der Waals surface area contributed by atoms with E-state index in [1.165, 1.54) is 21.6 Å². The average molecular weight is 398 g/mol. The standard InChI is InChI=1S/C21H23N3O3S/c1-15-6-7-16(13-23-8-10-28-11-9-23)12-17(15)22-20(25)14-24-18-4-2-3-5-19(18)27-21(24)26/h2-7,12H,8-11,13-14H2,1H3,(H,22,25). The molecule has 0 saturated carbocycles. The number of rotatable bonds is 5. The molecule has 2 heterocycles. The van der Waals surface area contributed by atoms with Gasteiger partial charge in [-0.15, -0.1) is 0 Å². The summed E-state index contributed by atoms with van der Waals surface area (Å²) < 4.78 is 6.55. The Kier molecular flexibility index (Phi) is 5.54. The highest BCUT2D eigenvalue weighted by Crippen LogP contribution is 2.20. The first-order valence-electron chi connectivity index (χ1n) is 9.38. The smallest absolute Gasteiger partial charge is 0.408 e. The fraction of sp³-hybridized carbons (Fsp3) is 0.333. The molecule has 1 N–H and O–H groups in total. The van der Waals surface area contributed by atoms with E-state index in [0.717, 1.165) is 30.9 Å². The first kappa shape index (κ1) is 18.8. The number of nitrogens with one attached hydrogen (secondary N) is 1. The van der Waals surface area contributed by atoms with Gasteiger partial charge in [-0.1, -0.05) is 24.3 Å². The molecule has 1 amide bonds. The highest BCUT2D eigenvalue weighted by atomic mass is 32.2. The number of thioether (sulfide) groups is 1. The Balaban J connectivity index is 1.48. The Morgan fingerprint density at radius 3 is 2.79 bits per heavy atom. The van der Waals surface area contributed by atoms with Crippen molar-refractivity contribution in [1.82, 2.24) is 9.47 Å². The second kappa shape index (κ2) is 8.24. The number of fused-ring (bicyclic) bond motifs is 1. The van der Waals surface area contributed by atoms with Crippen molar-refractivity contribution in [3.8, 4) is 0 Å². The Bertz CT molecular complexity index is 1050. The predicted molar refractivity (Wildman–Crippen MR) is 113 cm³/mol. The second-order valence-corrected chi connectivity index (χ2v) is 8.23. The van der Waals surface area contributed by atoms with Gasteiger partial charge in [0.2, 0.25) is 5.91 Å². The maximum absolute atomic E-state index is 12.6. The molecule has 28 heavy (non-hydrogen) atoms. The van der Waals surface area contributed by atoms with Gasteiger partial charge in [0.05, 0.1) is 5.52 Å². The molecule has 0 radical (unpaired) electrons. The minimum Gasteiger partial charge on any atom is -0.408 e. The van der Waals surface area contributed by atoms with Crippen molar-refractivity contribution in [1.29, 1.82) is 0 Å². The maximum Gasteiger partial charge on any atom is 0.420 e. The number of nitrogens with zero attached hydrogens (tertiary/aromatic N) is 2. The zero-order valence-electron chi connectivity index (χ0n) is 15.8. The molecule has 0 spiro atoms. The number of aromatic nitrogens is 1. The number of hydrogen-bond donors (Lipinski definition) is 1. The minimum atomic E-state index is -0.523. The highest BCUT2D eigenvalue weighted by Gasteiger charge is 2.15. The number of oxazole rings is 1. The van der Waals surface area contributed by atoms with E-state index in [9.17, 15) is 9.59 Å². The van der Waals surface area contributed by atoms with Crippen LogP contribution in [0.4, 0.5) is 5.69 Å². The first-order valence-corrected chi connectivity index (χ1v) is 10.5. The molecule has 0 aliphatic carbocycles. The maximum atomic E-state index is 12.6. The number of hydrogen-bond acceptors (Lipinski definition) is 5. The lowest BCUT2D eigenvalue weighted by Crippen LogP contribution is -2.32. The Morgan fingerprint density at radius 2 is 1.96 bits per heavy atom. The van der Waals surface area contributed by atoms with E-state index in [1.54, 1.807) is 18.2 Å². The molecule has 3 aromatic rings. The molecule has 0 unspecified atom stereocenters. The number of aryl methyl sites for hydroxylation is 1. The van der Waals surface area contributed by atoms with Crippen LogP contribution >= 0.6 is 11.8 Å². The van der Waals surface area contributed by atoms with Crippen molar-refractivity contribution in [2.75, 3.05) is 29.9 Å². The van der Waals surface area contributed by atoms with Gasteiger partial charge in [0.15, 0.2) is 5.58 Å². The molecule has 1 aliphatic heterocycles. The largest absolute Gasteiger partial charge is 0.420 e. The molecule has 146 valence electrons. The van der Waals surface area contributed by atoms with Crippen molar-refractivity contribution in [3.63, 3.8) is 0 Å². The lowest BCUT2D eigenvalue weighted by Gasteiger charge is -2.26. The third-order valence-electron chi connectivity index (χ3n) is 4.96. The van der Waals surface area contributed by atoms with Crippen LogP contribution in [0.1, 0.15) is 11.1 Å². The van der Waals surface area contributed by atoms with Gasteiger partial charge in [-0.3, -0.25) is 14.3 Å². The van der Waals surface area contributed by atoms with E-state index >= 15 is 0 Å². The Hall–Kier alpha value is -2.51. The van der Waals surface area contributed by atoms with Crippen LogP contribution in [0.2, 0.25) is 0 Å². The highest BCUT2D eigenvalue weighted by molar-refractivity contribution is 7.99. The van der Waals surface area contributed by atoms with Gasteiger partial charge in [-0.25, -0.2) is 4.79 Å². The Labute approximate surface area is 167 Å². The zero-order chi connectivity index (χ0) is 19.5. The molecule has 7 heteroatoms. The quantitative estimate of drug-likeness (QED) is 0.717. The summed E-state index contributed by atoms with van der Waals surface area (Å²) in [6.45, 7) is 4.96. The molecule has 1 aromatic heterocycles. The molecular formula is C21H23N3O3S. The SMILES string of the molecule is Cc1ccc(CN2CCSCC2)cc1NC(=O)Cn1c(=O)oc2ccccc21. The van der Waals surface area contributed by atoms with Crippen molar-refractivity contribution >= 4 is 34.5 Å². The normalized spacial score (nSPS) is 15.0. The van der Waals surface area contributed by atoms with Crippen molar-refractivity contribution in [3.05, 3.63) is 64.1 Å². The van der Waals surface area contributed by atoms with Crippen LogP contribution < -0.4 is 11.1 Å². The summed E-state index contributed by atoms with van der Waals surface area (Å²) in [5, 5.41) is 2.96. The van der Waals surface area contributed by atoms with Gasteiger partial charge in [-0.05, 0) is 36.2 Å². The van der Waals surface area contributed by atoms with Gasteiger partial charge in [0, 0.05) is 36.8 Å². The average Bonchev–Trinajstić information content (AvgIpc) is 3.01. The molecule has 2 aromatic carbocycles. The minimum absolute atomic E-state index is 0.0805. The molecule has 4 rings (SSSR count). The fourth-order valence-electron chi connectivity index (χ4n) is 3.42. The van der Waals surface area contributed by atoms with Gasteiger partial charge >= 0.3 is 5.76 Å². The van der Waals surface area contributed by atoms with Crippen LogP contribution in [0.5, 0.6) is 0 Å². The van der Waals surface area contributed by atoms with E-state index < -0.39 is 5.76 Å². The number of benzene rings is 2. The summed E-state index contributed by atoms with van der Waals surface area (Å²) in [6.07, 6.45) is 0. The van der Waals surface area contributed by atoms with Crippen LogP contribution in [0.25, 0.3) is 11.1 Å². The van der Waals surface area contributed by atoms with E-state index in [-0.39, 0.29) is 12.5 Å². The van der Waals surface area contributed by atoms with Crippen molar-refractivity contribution in [2.24, 2.45) is 0 Å². The van der Waals surface area contributed by atoms with Gasteiger partial charge in [-0.2, -0.15) is 11.8 Å². The second-order valence-electron chi connectivity index (χ2n) is 7.01. The van der Waals surface area contributed by atoms with E-state index in [0.29, 0.717) is 11.1 Å². The van der Waals surface area contributed by atoms with Crippen LogP contribution in [0.15, 0.2) is 51.7 Å². The summed E-state index contributed by atoms with van der Waals surface area (Å²) in [5.74, 6) is 1.57. The van der Waals surface area contributed by atoms with Gasteiger partial charge in [0.25, 0.3) is 0 Å². The number of anilines is 1. The lowest BCUT2D eigenvalue weighted by molar-refractivity contribution is -0.116. The van der Waals surface area contributed by atoms with Gasteiger partial charge in [0.1, 0.15) is 6.54 Å². The van der Waals surface area contributed by atoms with Crippen molar-refractivity contribution in [2.45, 2.75) is 20.0 Å². The van der Waals surface area contributed by atoms with Crippen LogP contribution in [0, 0.1) is 6.92 Å². The third-order valence-corrected chi connectivity index (χ3v) is 5.90. The number of amides is 1. The topological polar surface area (TPSA) is 67.5 Å². The zero-order valence-corrected chi connectivity index (χ0v) is 16.6. The van der Waals surface area contributed by atoms with Crippen LogP contribution in [-0.4, -0.2) is 40.0 Å². The third kappa shape index (κ3) is 4.15. The summed E-state index contributed by atoms with van der Waals surface area (Å²) in [4.78, 5) is 27.1. The summed E-state index contributed by atoms with van der Waals surface area (Å²) in [6, 6.07) is 13.3. The number of carbonyl (C=O) groups excluding carboxylic acids is 1. The summed E-state index contributed by atoms with van der Waals surface area (Å²) in [5.41, 5.74) is 4.07. The molecular weight excluding hydrogens is 374 g/mol.